The maximum Gasteiger partial charge on any atom is 0.194 e. The molecule has 0 radical (unpaired) electrons. The van der Waals surface area contributed by atoms with Gasteiger partial charge in [-0.3, -0.25) is 0 Å². The number of hydrogen-bond acceptors (Lipinski definition) is 3. The number of halogens is 4. The Morgan fingerprint density at radius 2 is 1.71 bits per heavy atom. The molecular weight excluding hydrogens is 486 g/mol. The molecular formula is C19H19F3IN3O2. The van der Waals surface area contributed by atoms with Gasteiger partial charge in [-0.2, -0.15) is 0 Å². The smallest absolute Gasteiger partial charge is 0.194 e. The molecule has 2 aromatic carbocycles. The molecule has 1 heterocycles. The van der Waals surface area contributed by atoms with Gasteiger partial charge in [0.2, 0.25) is 0 Å². The number of nitrogens with zero attached hydrogens (tertiary/aromatic N) is 1. The summed E-state index contributed by atoms with van der Waals surface area (Å²) in [6, 6.07) is 7.17. The third-order valence-corrected chi connectivity index (χ3v) is 4.52. The average Bonchev–Trinajstić information content (AvgIpc) is 3.42. The molecule has 0 bridgehead atoms. The number of aliphatic imine (C=N–C) groups is 1. The number of fused-ring (bicyclic) bond motifs is 1. The largest absolute Gasteiger partial charge is 0.490 e. The fraction of sp³-hybridized carbons (Fsp3) is 0.316. The Hall–Kier alpha value is -2.17. The number of nitrogens with one attached hydrogen (secondary N) is 1. The molecule has 2 aliphatic rings. The highest BCUT2D eigenvalue weighted by Crippen LogP contribution is 2.44. The van der Waals surface area contributed by atoms with Crippen LogP contribution in [-0.4, -0.2) is 25.2 Å². The van der Waals surface area contributed by atoms with Crippen LogP contribution in [0.4, 0.5) is 18.9 Å². The van der Waals surface area contributed by atoms with Crippen molar-refractivity contribution in [1.82, 2.24) is 0 Å². The number of ether oxygens (including phenoxy) is 2. The Morgan fingerprint density at radius 1 is 1.04 bits per heavy atom. The summed E-state index contributed by atoms with van der Waals surface area (Å²) in [5.41, 5.74) is 7.01. The summed E-state index contributed by atoms with van der Waals surface area (Å²) in [6.07, 6.45) is 1.41. The van der Waals surface area contributed by atoms with Crippen molar-refractivity contribution in [3.63, 3.8) is 0 Å². The Kier molecular flexibility index (Phi) is 6.21. The first kappa shape index (κ1) is 20.6. The fourth-order valence-electron chi connectivity index (χ4n) is 3.07. The van der Waals surface area contributed by atoms with Gasteiger partial charge in [0.25, 0.3) is 0 Å². The summed E-state index contributed by atoms with van der Waals surface area (Å²) in [6.45, 7) is 1.19. The molecule has 0 unspecified atom stereocenters. The molecule has 2 atom stereocenters. The van der Waals surface area contributed by atoms with E-state index in [-0.39, 0.29) is 41.9 Å². The van der Waals surface area contributed by atoms with E-state index in [1.165, 1.54) is 0 Å². The number of anilines is 1. The summed E-state index contributed by atoms with van der Waals surface area (Å²) in [5.74, 6) is -2.55. The van der Waals surface area contributed by atoms with Crippen LogP contribution in [0.1, 0.15) is 24.3 Å². The van der Waals surface area contributed by atoms with Crippen LogP contribution in [0.5, 0.6) is 11.5 Å². The molecule has 9 heteroatoms. The van der Waals surface area contributed by atoms with Gasteiger partial charge >= 0.3 is 0 Å². The number of hydrogen-bond donors (Lipinski definition) is 2. The lowest BCUT2D eigenvalue weighted by molar-refractivity contribution is 0.297. The summed E-state index contributed by atoms with van der Waals surface area (Å²) in [7, 11) is 0. The third kappa shape index (κ3) is 4.45. The lowest BCUT2D eigenvalue weighted by Crippen LogP contribution is -2.23. The predicted molar refractivity (Wildman–Crippen MR) is 110 cm³/mol. The van der Waals surface area contributed by atoms with Crippen LogP contribution in [0.25, 0.3) is 0 Å². The molecule has 0 saturated heterocycles. The topological polar surface area (TPSA) is 68.9 Å². The molecule has 1 fully saturated rings. The summed E-state index contributed by atoms with van der Waals surface area (Å²) >= 11 is 0. The zero-order chi connectivity index (χ0) is 19.0. The zero-order valence-corrected chi connectivity index (χ0v) is 17.1. The van der Waals surface area contributed by atoms with Crippen LogP contribution in [0.2, 0.25) is 0 Å². The molecule has 3 N–H and O–H groups in total. The van der Waals surface area contributed by atoms with E-state index in [0.29, 0.717) is 42.4 Å². The minimum absolute atomic E-state index is 0. The van der Waals surface area contributed by atoms with E-state index < -0.39 is 17.5 Å². The second-order valence-electron chi connectivity index (χ2n) is 6.56. The van der Waals surface area contributed by atoms with E-state index in [9.17, 15) is 13.2 Å². The van der Waals surface area contributed by atoms with Crippen LogP contribution in [0.3, 0.4) is 0 Å². The van der Waals surface area contributed by atoms with Crippen molar-refractivity contribution in [3.05, 3.63) is 53.3 Å². The van der Waals surface area contributed by atoms with Crippen molar-refractivity contribution in [1.29, 1.82) is 0 Å². The van der Waals surface area contributed by atoms with Crippen LogP contribution in [0, 0.1) is 17.5 Å². The highest BCUT2D eigenvalue weighted by molar-refractivity contribution is 14.0. The quantitative estimate of drug-likeness (QED) is 0.285. The standard InChI is InChI=1S/C19H18F3N3O2.HI/c20-13-6-10(7-14(21)18(13)22)12-9-15(12)25-19(23)24-11-2-3-16-17(8-11)27-5-1-4-26-16;/h2-3,6-8,12,15H,1,4-5,9H2,(H3,23,24,25);1H/t12-,15+;/m0./s1. The van der Waals surface area contributed by atoms with E-state index in [2.05, 4.69) is 10.3 Å². The minimum Gasteiger partial charge on any atom is -0.490 e. The highest BCUT2D eigenvalue weighted by Gasteiger charge is 2.39. The molecule has 28 heavy (non-hydrogen) atoms. The van der Waals surface area contributed by atoms with E-state index >= 15 is 0 Å². The molecule has 4 rings (SSSR count). The SMILES string of the molecule is I.NC(=N[C@@H]1C[C@H]1c1cc(F)c(F)c(F)c1)Nc1ccc2c(c1)OCCCO2. The Morgan fingerprint density at radius 3 is 2.43 bits per heavy atom. The first-order valence-electron chi connectivity index (χ1n) is 8.65. The van der Waals surface area contributed by atoms with Gasteiger partial charge in [0, 0.05) is 24.1 Å². The van der Waals surface area contributed by atoms with Gasteiger partial charge in [0.15, 0.2) is 34.9 Å². The number of nitrogens with two attached hydrogens (primary N) is 1. The fourth-order valence-corrected chi connectivity index (χ4v) is 3.07. The summed E-state index contributed by atoms with van der Waals surface area (Å²) in [5, 5.41) is 2.97. The second-order valence-corrected chi connectivity index (χ2v) is 6.56. The van der Waals surface area contributed by atoms with Gasteiger partial charge in [-0.1, -0.05) is 0 Å². The predicted octanol–water partition coefficient (Wildman–Crippen LogP) is 4.17. The summed E-state index contributed by atoms with van der Waals surface area (Å²) < 4.78 is 51.0. The lowest BCUT2D eigenvalue weighted by atomic mass is 10.1. The van der Waals surface area contributed by atoms with Crippen molar-refractivity contribution < 1.29 is 22.6 Å². The monoisotopic (exact) mass is 505 g/mol. The van der Waals surface area contributed by atoms with E-state index in [4.69, 9.17) is 15.2 Å². The van der Waals surface area contributed by atoms with Crippen molar-refractivity contribution >= 4 is 35.6 Å². The Labute approximate surface area is 177 Å². The molecule has 1 aliphatic carbocycles. The highest BCUT2D eigenvalue weighted by atomic mass is 127. The molecule has 150 valence electrons. The van der Waals surface area contributed by atoms with Crippen LogP contribution in [0.15, 0.2) is 35.3 Å². The molecule has 0 spiro atoms. The van der Waals surface area contributed by atoms with Crippen LogP contribution < -0.4 is 20.5 Å². The van der Waals surface area contributed by atoms with Gasteiger partial charge in [-0.25, -0.2) is 18.2 Å². The van der Waals surface area contributed by atoms with Crippen molar-refractivity contribution in [2.75, 3.05) is 18.5 Å². The van der Waals surface area contributed by atoms with E-state index in [0.717, 1.165) is 18.6 Å². The molecule has 5 nitrogen and oxygen atoms in total. The number of benzene rings is 2. The number of rotatable bonds is 3. The third-order valence-electron chi connectivity index (χ3n) is 4.52. The Balaban J connectivity index is 0.00000225. The first-order chi connectivity index (χ1) is 13.0. The zero-order valence-electron chi connectivity index (χ0n) is 14.8. The maximum absolute atomic E-state index is 13.4. The van der Waals surface area contributed by atoms with Gasteiger partial charge < -0.3 is 20.5 Å². The van der Waals surface area contributed by atoms with Gasteiger partial charge in [0.1, 0.15) is 0 Å². The van der Waals surface area contributed by atoms with Crippen LogP contribution in [-0.2, 0) is 0 Å². The first-order valence-corrected chi connectivity index (χ1v) is 8.65. The van der Waals surface area contributed by atoms with Crippen molar-refractivity contribution in [2.45, 2.75) is 24.8 Å². The van der Waals surface area contributed by atoms with Crippen molar-refractivity contribution in [2.24, 2.45) is 10.7 Å². The minimum atomic E-state index is -1.46. The maximum atomic E-state index is 13.4. The molecule has 1 saturated carbocycles. The molecule has 0 amide bonds. The van der Waals surface area contributed by atoms with E-state index in [1.54, 1.807) is 18.2 Å². The number of guanidine groups is 1. The van der Waals surface area contributed by atoms with E-state index in [1.807, 2.05) is 0 Å². The Bertz CT molecular complexity index is 887. The second kappa shape index (κ2) is 8.46. The van der Waals surface area contributed by atoms with Gasteiger partial charge in [-0.15, -0.1) is 24.0 Å². The van der Waals surface area contributed by atoms with Crippen LogP contribution >= 0.6 is 24.0 Å². The van der Waals surface area contributed by atoms with Gasteiger partial charge in [0.05, 0.1) is 19.3 Å². The molecule has 0 aromatic heterocycles. The van der Waals surface area contributed by atoms with Crippen molar-refractivity contribution in [3.8, 4) is 11.5 Å². The summed E-state index contributed by atoms with van der Waals surface area (Å²) in [4.78, 5) is 4.33. The van der Waals surface area contributed by atoms with Gasteiger partial charge in [-0.05, 0) is 36.2 Å². The normalized spacial score (nSPS) is 20.8. The lowest BCUT2D eigenvalue weighted by Gasteiger charge is -2.10. The molecule has 2 aromatic rings. The average molecular weight is 505 g/mol. The molecule has 1 aliphatic heterocycles.